The van der Waals surface area contributed by atoms with E-state index in [1.165, 1.54) is 12.1 Å². The second kappa shape index (κ2) is 7.40. The molecule has 0 amide bonds. The highest BCUT2D eigenvalue weighted by atomic mass is 32.2. The van der Waals surface area contributed by atoms with Gasteiger partial charge in [-0.25, -0.2) is 0 Å². The molecule has 1 aromatic carbocycles. The van der Waals surface area contributed by atoms with Gasteiger partial charge in [0.15, 0.2) is 5.49 Å². The van der Waals surface area contributed by atoms with Crippen LogP contribution in [0.1, 0.15) is 27.7 Å². The highest BCUT2D eigenvalue weighted by Crippen LogP contribution is 2.51. The van der Waals surface area contributed by atoms with Gasteiger partial charge in [0.05, 0.1) is 12.2 Å². The molecule has 0 bridgehead atoms. The summed E-state index contributed by atoms with van der Waals surface area (Å²) in [6.07, 6.45) is -0.858. The minimum atomic E-state index is -4.10. The maximum absolute atomic E-state index is 12.5. The average molecular weight is 336 g/mol. The highest BCUT2D eigenvalue weighted by molar-refractivity contribution is 7.94. The lowest BCUT2D eigenvalue weighted by molar-refractivity contribution is 0.145. The first kappa shape index (κ1) is 18.2. The number of rotatable bonds is 8. The van der Waals surface area contributed by atoms with Crippen LogP contribution in [-0.2, 0) is 23.7 Å². The predicted molar refractivity (Wildman–Crippen MR) is 80.9 cm³/mol. The maximum atomic E-state index is 12.5. The summed E-state index contributed by atoms with van der Waals surface area (Å²) >= 11 is 0. The molecule has 0 N–H and O–H groups in total. The molecule has 21 heavy (non-hydrogen) atoms. The van der Waals surface area contributed by atoms with E-state index < -0.39 is 35.4 Å². The van der Waals surface area contributed by atoms with Crippen molar-refractivity contribution < 1.29 is 26.2 Å². The van der Waals surface area contributed by atoms with Crippen molar-refractivity contribution in [2.24, 2.45) is 0 Å². The van der Waals surface area contributed by atoms with E-state index in [1.807, 2.05) is 0 Å². The molecule has 0 atom stereocenters. The Morgan fingerprint density at radius 3 is 1.90 bits per heavy atom. The first-order valence-electron chi connectivity index (χ1n) is 6.55. The molecule has 0 aliphatic carbocycles. The zero-order valence-corrected chi connectivity index (χ0v) is 14.3. The van der Waals surface area contributed by atoms with E-state index >= 15 is 0 Å². The predicted octanol–water partition coefficient (Wildman–Crippen LogP) is 3.40. The molecule has 0 saturated heterocycles. The molecule has 0 saturated carbocycles. The third kappa shape index (κ3) is 7.09. The van der Waals surface area contributed by atoms with Crippen molar-refractivity contribution in [3.63, 3.8) is 0 Å². The van der Waals surface area contributed by atoms with Crippen LogP contribution in [0, 0.1) is 0 Å². The lowest BCUT2D eigenvalue weighted by atomic mass is 10.3. The summed E-state index contributed by atoms with van der Waals surface area (Å²) in [5.41, 5.74) is -0.828. The van der Waals surface area contributed by atoms with Crippen LogP contribution in [0.2, 0.25) is 0 Å². The van der Waals surface area contributed by atoms with E-state index in [0.717, 1.165) is 0 Å². The quantitative estimate of drug-likeness (QED) is 0.535. The fraction of sp³-hybridized carbons (Fsp3) is 0.538. The van der Waals surface area contributed by atoms with Crippen molar-refractivity contribution in [3.8, 4) is 5.75 Å². The lowest BCUT2D eigenvalue weighted by Crippen LogP contribution is -2.19. The first-order chi connectivity index (χ1) is 9.62. The zero-order valence-electron chi connectivity index (χ0n) is 12.6. The van der Waals surface area contributed by atoms with Crippen molar-refractivity contribution in [1.82, 2.24) is 0 Å². The second-order valence-corrected chi connectivity index (χ2v) is 8.96. The third-order valence-electron chi connectivity index (χ3n) is 2.03. The van der Waals surface area contributed by atoms with Gasteiger partial charge in [0.2, 0.25) is 0 Å². The van der Waals surface area contributed by atoms with Crippen molar-refractivity contribution in [1.29, 1.82) is 0 Å². The van der Waals surface area contributed by atoms with Crippen LogP contribution in [-0.4, -0.2) is 26.1 Å². The molecule has 6 nitrogen and oxygen atoms in total. The van der Waals surface area contributed by atoms with Gasteiger partial charge in [0.25, 0.3) is 0 Å². The van der Waals surface area contributed by atoms with Crippen molar-refractivity contribution in [3.05, 3.63) is 30.3 Å². The average Bonchev–Trinajstić information content (AvgIpc) is 2.24. The Bertz CT molecular complexity index is 568. The van der Waals surface area contributed by atoms with E-state index in [-0.39, 0.29) is 5.75 Å². The summed E-state index contributed by atoms with van der Waals surface area (Å²) in [4.78, 5) is 0. The molecule has 0 spiro atoms. The van der Waals surface area contributed by atoms with Crippen LogP contribution in [0.15, 0.2) is 30.3 Å². The molecular formula is C13H21O6PS. The zero-order chi connectivity index (χ0) is 16.1. The Labute approximate surface area is 126 Å². The fourth-order valence-corrected chi connectivity index (χ4v) is 5.56. The summed E-state index contributed by atoms with van der Waals surface area (Å²) < 4.78 is 51.9. The molecule has 120 valence electrons. The Balaban J connectivity index is 2.88. The molecule has 0 unspecified atom stereocenters. The van der Waals surface area contributed by atoms with Gasteiger partial charge in [-0.15, -0.1) is 0 Å². The molecule has 0 radical (unpaired) electrons. The summed E-state index contributed by atoms with van der Waals surface area (Å²) in [5, 5.41) is 0. The van der Waals surface area contributed by atoms with Crippen LogP contribution in [0.3, 0.4) is 0 Å². The number of benzene rings is 1. The minimum Gasteiger partial charge on any atom is -0.382 e. The summed E-state index contributed by atoms with van der Waals surface area (Å²) in [7, 11) is -7.90. The minimum absolute atomic E-state index is 0.151. The van der Waals surface area contributed by atoms with Crippen molar-refractivity contribution >= 4 is 17.7 Å². The molecule has 1 rings (SSSR count). The molecule has 0 aliphatic heterocycles. The smallest absolute Gasteiger partial charge is 0.349 e. The van der Waals surface area contributed by atoms with Crippen LogP contribution >= 0.6 is 7.60 Å². The number of hydrogen-bond acceptors (Lipinski definition) is 6. The normalized spacial score (nSPS) is 12.9. The molecule has 8 heteroatoms. The fourth-order valence-electron chi connectivity index (χ4n) is 1.57. The molecule has 0 aromatic heterocycles. The SMILES string of the molecule is CC(C)OP(=O)(CS(=O)(=O)Oc1ccccc1)OC(C)C. The Morgan fingerprint density at radius 1 is 1.00 bits per heavy atom. The third-order valence-corrected chi connectivity index (χ3v) is 6.49. The molecule has 0 fully saturated rings. The van der Waals surface area contributed by atoms with Gasteiger partial charge >= 0.3 is 17.7 Å². The van der Waals surface area contributed by atoms with Gasteiger partial charge in [0, 0.05) is 0 Å². The number of hydrogen-bond donors (Lipinski definition) is 0. The molecular weight excluding hydrogens is 315 g/mol. The van der Waals surface area contributed by atoms with Crippen LogP contribution < -0.4 is 4.18 Å². The first-order valence-corrected chi connectivity index (χ1v) is 9.85. The van der Waals surface area contributed by atoms with Gasteiger partial charge < -0.3 is 13.2 Å². The van der Waals surface area contributed by atoms with Crippen LogP contribution in [0.25, 0.3) is 0 Å². The van der Waals surface area contributed by atoms with Gasteiger partial charge in [-0.05, 0) is 39.8 Å². The maximum Gasteiger partial charge on any atom is 0.349 e. The monoisotopic (exact) mass is 336 g/mol. The van der Waals surface area contributed by atoms with Gasteiger partial charge in [-0.2, -0.15) is 8.42 Å². The standard InChI is InChI=1S/C13H21O6PS/c1-11(2)17-20(14,18-12(3)4)10-21(15,16)19-13-8-6-5-7-9-13/h5-9,11-12H,10H2,1-4H3. The van der Waals surface area contributed by atoms with E-state index in [1.54, 1.807) is 45.9 Å². The van der Waals surface area contributed by atoms with Crippen LogP contribution in [0.5, 0.6) is 5.75 Å². The molecule has 0 aliphatic rings. The summed E-state index contributed by atoms with van der Waals surface area (Å²) in [6, 6.07) is 8.00. The topological polar surface area (TPSA) is 78.9 Å². The van der Waals surface area contributed by atoms with E-state index in [4.69, 9.17) is 13.2 Å². The van der Waals surface area contributed by atoms with E-state index in [9.17, 15) is 13.0 Å². The Kier molecular flexibility index (Phi) is 6.41. The lowest BCUT2D eigenvalue weighted by Gasteiger charge is -2.22. The largest absolute Gasteiger partial charge is 0.382 e. The van der Waals surface area contributed by atoms with Crippen molar-refractivity contribution in [2.45, 2.75) is 39.9 Å². The van der Waals surface area contributed by atoms with E-state index in [2.05, 4.69) is 0 Å². The molecule has 1 aromatic rings. The van der Waals surface area contributed by atoms with Gasteiger partial charge in [-0.1, -0.05) is 18.2 Å². The summed E-state index contributed by atoms with van der Waals surface area (Å²) in [5.74, 6) is 0.151. The Hall–Kier alpha value is -0.880. The van der Waals surface area contributed by atoms with Crippen molar-refractivity contribution in [2.75, 3.05) is 5.49 Å². The Morgan fingerprint density at radius 2 is 1.48 bits per heavy atom. The molecule has 0 heterocycles. The van der Waals surface area contributed by atoms with Gasteiger partial charge in [0.1, 0.15) is 5.75 Å². The van der Waals surface area contributed by atoms with Crippen LogP contribution in [0.4, 0.5) is 0 Å². The highest BCUT2D eigenvalue weighted by Gasteiger charge is 2.35. The van der Waals surface area contributed by atoms with E-state index in [0.29, 0.717) is 0 Å². The van der Waals surface area contributed by atoms with Gasteiger partial charge in [-0.3, -0.25) is 4.57 Å². The number of para-hydroxylation sites is 1. The second-order valence-electron chi connectivity index (χ2n) is 5.00. The summed E-state index contributed by atoms with van der Waals surface area (Å²) in [6.45, 7) is 6.62.